The highest BCUT2D eigenvalue weighted by Gasteiger charge is 2.09. The lowest BCUT2D eigenvalue weighted by Crippen LogP contribution is -2.20. The summed E-state index contributed by atoms with van der Waals surface area (Å²) < 4.78 is 1.72. The number of carbonyl (C=O) groups is 1. The Morgan fingerprint density at radius 3 is 2.65 bits per heavy atom. The molecule has 0 saturated carbocycles. The van der Waals surface area contributed by atoms with Crippen LogP contribution in [0.25, 0.3) is 10.9 Å². The molecule has 4 nitrogen and oxygen atoms in total. The fraction of sp³-hybridized carbons (Fsp3) is 0.0588. The minimum Gasteiger partial charge on any atom is -0.338 e. The van der Waals surface area contributed by atoms with Crippen LogP contribution >= 0.6 is 23.2 Å². The van der Waals surface area contributed by atoms with Gasteiger partial charge in [-0.15, -0.1) is 0 Å². The summed E-state index contributed by atoms with van der Waals surface area (Å²) in [6, 6.07) is 13.5. The number of fused-ring (bicyclic) bond motifs is 1. The van der Waals surface area contributed by atoms with Crippen molar-refractivity contribution in [3.05, 3.63) is 75.0 Å². The van der Waals surface area contributed by atoms with Crippen LogP contribution in [0.2, 0.25) is 10.0 Å². The van der Waals surface area contributed by atoms with Crippen molar-refractivity contribution in [1.82, 2.24) is 4.57 Å². The number of nitrogens with one attached hydrogen (secondary N) is 1. The van der Waals surface area contributed by atoms with Gasteiger partial charge in [-0.1, -0.05) is 35.3 Å². The average molecular weight is 347 g/mol. The topological polar surface area (TPSA) is 51.1 Å². The first-order valence-electron chi connectivity index (χ1n) is 6.88. The maximum absolute atomic E-state index is 12.2. The lowest BCUT2D eigenvalue weighted by atomic mass is 10.2. The number of anilines is 1. The van der Waals surface area contributed by atoms with E-state index in [1.54, 1.807) is 47.2 Å². The number of para-hydroxylation sites is 1. The van der Waals surface area contributed by atoms with Gasteiger partial charge in [-0.2, -0.15) is 0 Å². The first kappa shape index (κ1) is 15.6. The summed E-state index contributed by atoms with van der Waals surface area (Å²) in [6.45, 7) is 0.0692. The fourth-order valence-corrected chi connectivity index (χ4v) is 2.79. The number of aromatic nitrogens is 1. The lowest BCUT2D eigenvalue weighted by molar-refractivity contribution is -0.116. The Kier molecular flexibility index (Phi) is 4.37. The number of benzene rings is 2. The third kappa shape index (κ3) is 3.38. The molecule has 116 valence electrons. The molecular weight excluding hydrogens is 335 g/mol. The van der Waals surface area contributed by atoms with Gasteiger partial charge in [0.05, 0.1) is 16.2 Å². The van der Waals surface area contributed by atoms with Crippen LogP contribution in [0, 0.1) is 0 Å². The number of amides is 1. The Morgan fingerprint density at radius 2 is 1.87 bits per heavy atom. The van der Waals surface area contributed by atoms with Crippen LogP contribution in [-0.4, -0.2) is 10.5 Å². The van der Waals surface area contributed by atoms with E-state index in [2.05, 4.69) is 5.32 Å². The number of hydrogen-bond acceptors (Lipinski definition) is 2. The molecule has 0 radical (unpaired) electrons. The summed E-state index contributed by atoms with van der Waals surface area (Å²) in [7, 11) is 0. The Bertz CT molecular complexity index is 951. The van der Waals surface area contributed by atoms with Crippen molar-refractivity contribution in [2.75, 3.05) is 5.32 Å². The quantitative estimate of drug-likeness (QED) is 0.780. The molecule has 1 N–H and O–H groups in total. The molecule has 1 aromatic heterocycles. The second-order valence-corrected chi connectivity index (χ2v) is 5.84. The highest BCUT2D eigenvalue weighted by atomic mass is 35.5. The van der Waals surface area contributed by atoms with Gasteiger partial charge in [-0.05, 0) is 30.3 Å². The van der Waals surface area contributed by atoms with Crippen molar-refractivity contribution >= 4 is 45.7 Å². The lowest BCUT2D eigenvalue weighted by Gasteiger charge is -2.12. The summed E-state index contributed by atoms with van der Waals surface area (Å²) in [5.41, 5.74) is 1.13. The molecule has 23 heavy (non-hydrogen) atoms. The number of halogens is 2. The van der Waals surface area contributed by atoms with Crippen molar-refractivity contribution in [1.29, 1.82) is 0 Å². The second-order valence-electron chi connectivity index (χ2n) is 5.00. The van der Waals surface area contributed by atoms with E-state index in [0.717, 1.165) is 0 Å². The number of pyridine rings is 1. The molecule has 1 heterocycles. The predicted molar refractivity (Wildman–Crippen MR) is 93.3 cm³/mol. The van der Waals surface area contributed by atoms with Gasteiger partial charge in [0.25, 0.3) is 0 Å². The normalized spacial score (nSPS) is 10.7. The van der Waals surface area contributed by atoms with E-state index in [1.807, 2.05) is 6.07 Å². The zero-order valence-electron chi connectivity index (χ0n) is 11.9. The van der Waals surface area contributed by atoms with Gasteiger partial charge < -0.3 is 9.88 Å². The SMILES string of the molecule is O=C(Cn1ccc(=O)c2ccccc21)Nc1ccc(Cl)cc1Cl. The zero-order chi connectivity index (χ0) is 16.4. The smallest absolute Gasteiger partial charge is 0.244 e. The van der Waals surface area contributed by atoms with Crippen molar-refractivity contribution in [3.63, 3.8) is 0 Å². The van der Waals surface area contributed by atoms with Crippen LogP contribution in [0.4, 0.5) is 5.69 Å². The van der Waals surface area contributed by atoms with Crippen LogP contribution in [0.15, 0.2) is 59.5 Å². The monoisotopic (exact) mass is 346 g/mol. The van der Waals surface area contributed by atoms with Gasteiger partial charge in [0.1, 0.15) is 6.54 Å². The molecule has 0 fully saturated rings. The maximum atomic E-state index is 12.2. The van der Waals surface area contributed by atoms with Crippen LogP contribution in [0.1, 0.15) is 0 Å². The van der Waals surface area contributed by atoms with Gasteiger partial charge in [-0.25, -0.2) is 0 Å². The molecule has 0 bridgehead atoms. The van der Waals surface area contributed by atoms with E-state index in [9.17, 15) is 9.59 Å². The number of rotatable bonds is 3. The third-order valence-corrected chi connectivity index (χ3v) is 3.95. The Labute approximate surface area is 142 Å². The molecule has 0 saturated heterocycles. The standard InChI is InChI=1S/C17H12Cl2N2O2/c18-11-5-6-14(13(19)9-11)20-17(23)10-21-8-7-16(22)12-3-1-2-4-15(12)21/h1-9H,10H2,(H,20,23). The van der Waals surface area contributed by atoms with E-state index in [4.69, 9.17) is 23.2 Å². The second kappa shape index (κ2) is 6.44. The molecule has 0 aliphatic carbocycles. The molecular formula is C17H12Cl2N2O2. The van der Waals surface area contributed by atoms with Crippen LogP contribution < -0.4 is 10.7 Å². The summed E-state index contributed by atoms with van der Waals surface area (Å²) in [4.78, 5) is 24.1. The first-order chi connectivity index (χ1) is 11.0. The Balaban J connectivity index is 1.86. The summed E-state index contributed by atoms with van der Waals surface area (Å²) >= 11 is 11.9. The highest BCUT2D eigenvalue weighted by molar-refractivity contribution is 6.36. The predicted octanol–water partition coefficient (Wildman–Crippen LogP) is 3.95. The molecule has 0 atom stereocenters. The summed E-state index contributed by atoms with van der Waals surface area (Å²) in [6.07, 6.45) is 1.60. The summed E-state index contributed by atoms with van der Waals surface area (Å²) in [5.74, 6) is -0.247. The minimum atomic E-state index is -0.247. The van der Waals surface area contributed by atoms with Gasteiger partial charge >= 0.3 is 0 Å². The molecule has 0 spiro atoms. The molecule has 3 aromatic rings. The molecule has 2 aromatic carbocycles. The van der Waals surface area contributed by atoms with Gasteiger partial charge in [0.15, 0.2) is 5.43 Å². The van der Waals surface area contributed by atoms with Gasteiger partial charge in [0, 0.05) is 22.7 Å². The van der Waals surface area contributed by atoms with Gasteiger partial charge in [-0.3, -0.25) is 9.59 Å². The number of carbonyl (C=O) groups excluding carboxylic acids is 1. The van der Waals surface area contributed by atoms with E-state index in [-0.39, 0.29) is 17.9 Å². The van der Waals surface area contributed by atoms with Crippen molar-refractivity contribution in [2.24, 2.45) is 0 Å². The summed E-state index contributed by atoms with van der Waals surface area (Å²) in [5, 5.41) is 4.18. The van der Waals surface area contributed by atoms with E-state index < -0.39 is 0 Å². The van der Waals surface area contributed by atoms with Gasteiger partial charge in [0.2, 0.25) is 5.91 Å². The largest absolute Gasteiger partial charge is 0.338 e. The van der Waals surface area contributed by atoms with Crippen molar-refractivity contribution in [3.8, 4) is 0 Å². The maximum Gasteiger partial charge on any atom is 0.244 e. The molecule has 0 unspecified atom stereocenters. The number of hydrogen-bond donors (Lipinski definition) is 1. The molecule has 6 heteroatoms. The van der Waals surface area contributed by atoms with E-state index in [1.165, 1.54) is 6.07 Å². The minimum absolute atomic E-state index is 0.0692. The van der Waals surface area contributed by atoms with E-state index >= 15 is 0 Å². The fourth-order valence-electron chi connectivity index (χ4n) is 2.33. The number of nitrogens with zero attached hydrogens (tertiary/aromatic N) is 1. The van der Waals surface area contributed by atoms with E-state index in [0.29, 0.717) is 26.6 Å². The van der Waals surface area contributed by atoms with Crippen LogP contribution in [0.3, 0.4) is 0 Å². The van der Waals surface area contributed by atoms with Crippen LogP contribution in [0.5, 0.6) is 0 Å². The third-order valence-electron chi connectivity index (χ3n) is 3.40. The Morgan fingerprint density at radius 1 is 1.09 bits per heavy atom. The van der Waals surface area contributed by atoms with Crippen molar-refractivity contribution in [2.45, 2.75) is 6.54 Å². The highest BCUT2D eigenvalue weighted by Crippen LogP contribution is 2.25. The molecule has 0 aliphatic heterocycles. The Hall–Kier alpha value is -2.30. The molecule has 1 amide bonds. The van der Waals surface area contributed by atoms with Crippen molar-refractivity contribution < 1.29 is 4.79 Å². The molecule has 0 aliphatic rings. The van der Waals surface area contributed by atoms with Crippen LogP contribution in [-0.2, 0) is 11.3 Å². The first-order valence-corrected chi connectivity index (χ1v) is 7.63. The zero-order valence-corrected chi connectivity index (χ0v) is 13.4. The molecule has 3 rings (SSSR count). The average Bonchev–Trinajstić information content (AvgIpc) is 2.53.